The Bertz CT molecular complexity index is 592. The van der Waals surface area contributed by atoms with E-state index in [2.05, 4.69) is 10.3 Å². The third kappa shape index (κ3) is 3.92. The van der Waals surface area contributed by atoms with Gasteiger partial charge in [0.2, 0.25) is 5.91 Å². The lowest BCUT2D eigenvalue weighted by atomic mass is 10.2. The zero-order chi connectivity index (χ0) is 13.7. The molecule has 1 heterocycles. The summed E-state index contributed by atoms with van der Waals surface area (Å²) in [6, 6.07) is 9.00. The summed E-state index contributed by atoms with van der Waals surface area (Å²) in [6.07, 6.45) is 3.95. The van der Waals surface area contributed by atoms with Crippen LogP contribution < -0.4 is 5.32 Å². The maximum Gasteiger partial charge on any atom is 0.249 e. The van der Waals surface area contributed by atoms with Crippen molar-refractivity contribution in [2.75, 3.05) is 5.32 Å². The van der Waals surface area contributed by atoms with Gasteiger partial charge < -0.3 is 10.4 Å². The molecule has 1 amide bonds. The van der Waals surface area contributed by atoms with Crippen molar-refractivity contribution < 1.29 is 14.3 Å². The van der Waals surface area contributed by atoms with E-state index in [4.69, 9.17) is 5.11 Å². The Morgan fingerprint density at radius 3 is 2.58 bits per heavy atom. The summed E-state index contributed by atoms with van der Waals surface area (Å²) in [5.74, 6) is -0.385. The SMILES string of the molecule is O=C(/C=C/c1ccc(O)cc1)Nc1ccc(F)cn1. The molecule has 0 aliphatic heterocycles. The van der Waals surface area contributed by atoms with Crippen LogP contribution in [0.15, 0.2) is 48.7 Å². The second-order valence-electron chi connectivity index (χ2n) is 3.78. The summed E-state index contributed by atoms with van der Waals surface area (Å²) in [5, 5.41) is 11.6. The number of hydrogen-bond donors (Lipinski definition) is 2. The molecule has 0 unspecified atom stereocenters. The van der Waals surface area contributed by atoms with Crippen LogP contribution in [0.25, 0.3) is 6.08 Å². The van der Waals surface area contributed by atoms with Crippen molar-refractivity contribution >= 4 is 17.8 Å². The lowest BCUT2D eigenvalue weighted by Crippen LogP contribution is -2.08. The second kappa shape index (κ2) is 5.77. The van der Waals surface area contributed by atoms with Crippen molar-refractivity contribution in [2.24, 2.45) is 0 Å². The highest BCUT2D eigenvalue weighted by atomic mass is 19.1. The number of aromatic nitrogens is 1. The molecule has 2 N–H and O–H groups in total. The first-order valence-electron chi connectivity index (χ1n) is 5.53. The molecule has 1 aromatic heterocycles. The predicted octanol–water partition coefficient (Wildman–Crippen LogP) is 2.58. The van der Waals surface area contributed by atoms with Crippen LogP contribution in [0.3, 0.4) is 0 Å². The highest BCUT2D eigenvalue weighted by Gasteiger charge is 1.99. The van der Waals surface area contributed by atoms with E-state index < -0.39 is 5.82 Å². The van der Waals surface area contributed by atoms with E-state index in [0.717, 1.165) is 11.8 Å². The summed E-state index contributed by atoms with van der Waals surface area (Å²) >= 11 is 0. The van der Waals surface area contributed by atoms with Crippen LogP contribution in [0, 0.1) is 5.82 Å². The highest BCUT2D eigenvalue weighted by molar-refractivity contribution is 6.01. The summed E-state index contributed by atoms with van der Waals surface area (Å²) in [6.45, 7) is 0. The number of carbonyl (C=O) groups is 1. The molecule has 19 heavy (non-hydrogen) atoms. The number of aromatic hydroxyl groups is 1. The number of nitrogens with zero attached hydrogens (tertiary/aromatic N) is 1. The van der Waals surface area contributed by atoms with Crippen molar-refractivity contribution in [3.63, 3.8) is 0 Å². The Morgan fingerprint density at radius 1 is 1.21 bits per heavy atom. The third-order valence-electron chi connectivity index (χ3n) is 2.30. The van der Waals surface area contributed by atoms with Gasteiger partial charge >= 0.3 is 0 Å². The molecule has 4 nitrogen and oxygen atoms in total. The van der Waals surface area contributed by atoms with Gasteiger partial charge in [-0.2, -0.15) is 0 Å². The summed E-state index contributed by atoms with van der Waals surface area (Å²) < 4.78 is 12.6. The van der Waals surface area contributed by atoms with Gasteiger partial charge in [0.25, 0.3) is 0 Å². The van der Waals surface area contributed by atoms with E-state index in [1.807, 2.05) is 0 Å². The lowest BCUT2D eigenvalue weighted by Gasteiger charge is -2.00. The van der Waals surface area contributed by atoms with E-state index in [1.54, 1.807) is 18.2 Å². The fourth-order valence-electron chi connectivity index (χ4n) is 1.37. The molecule has 2 aromatic rings. The van der Waals surface area contributed by atoms with E-state index in [9.17, 15) is 9.18 Å². The van der Waals surface area contributed by atoms with Crippen molar-refractivity contribution in [1.29, 1.82) is 0 Å². The summed E-state index contributed by atoms with van der Waals surface area (Å²) in [5.41, 5.74) is 0.778. The number of amides is 1. The van der Waals surface area contributed by atoms with E-state index in [1.165, 1.54) is 30.3 Å². The third-order valence-corrected chi connectivity index (χ3v) is 2.30. The Kier molecular flexibility index (Phi) is 3.87. The number of halogens is 1. The average Bonchev–Trinajstić information content (AvgIpc) is 2.41. The van der Waals surface area contributed by atoms with E-state index in [0.29, 0.717) is 0 Å². The monoisotopic (exact) mass is 258 g/mol. The van der Waals surface area contributed by atoms with Crippen molar-refractivity contribution in [1.82, 2.24) is 4.98 Å². The van der Waals surface area contributed by atoms with Crippen LogP contribution in [0.4, 0.5) is 10.2 Å². The fourth-order valence-corrected chi connectivity index (χ4v) is 1.37. The van der Waals surface area contributed by atoms with E-state index >= 15 is 0 Å². The van der Waals surface area contributed by atoms with Crippen molar-refractivity contribution in [3.05, 3.63) is 60.1 Å². The number of nitrogens with one attached hydrogen (secondary N) is 1. The van der Waals surface area contributed by atoms with E-state index in [-0.39, 0.29) is 17.5 Å². The molecule has 0 radical (unpaired) electrons. The molecule has 5 heteroatoms. The first kappa shape index (κ1) is 12.8. The second-order valence-corrected chi connectivity index (χ2v) is 3.78. The van der Waals surface area contributed by atoms with Gasteiger partial charge in [-0.15, -0.1) is 0 Å². The van der Waals surface area contributed by atoms with Gasteiger partial charge in [0.1, 0.15) is 17.4 Å². The fraction of sp³-hybridized carbons (Fsp3) is 0. The largest absolute Gasteiger partial charge is 0.508 e. The molecule has 0 fully saturated rings. The Labute approximate surface area is 109 Å². The first-order chi connectivity index (χ1) is 9.13. The number of phenols is 1. The molecule has 0 aliphatic rings. The molecule has 96 valence electrons. The normalized spacial score (nSPS) is 10.6. The maximum atomic E-state index is 12.6. The summed E-state index contributed by atoms with van der Waals surface area (Å²) in [7, 11) is 0. The maximum absolute atomic E-state index is 12.6. The lowest BCUT2D eigenvalue weighted by molar-refractivity contribution is -0.111. The standard InChI is InChI=1S/C14H11FN2O2/c15-11-4-7-13(16-9-11)17-14(19)8-3-10-1-5-12(18)6-2-10/h1-9,18H,(H,16,17,19)/b8-3+. The minimum absolute atomic E-state index is 0.164. The molecule has 0 saturated carbocycles. The van der Waals surface area contributed by atoms with Gasteiger partial charge in [-0.3, -0.25) is 4.79 Å². The molecular weight excluding hydrogens is 247 g/mol. The van der Waals surface area contributed by atoms with Gasteiger partial charge in [0.05, 0.1) is 6.20 Å². The van der Waals surface area contributed by atoms with Gasteiger partial charge in [-0.25, -0.2) is 9.37 Å². The van der Waals surface area contributed by atoms with Crippen LogP contribution in [-0.2, 0) is 4.79 Å². The zero-order valence-electron chi connectivity index (χ0n) is 9.88. The smallest absolute Gasteiger partial charge is 0.249 e. The minimum Gasteiger partial charge on any atom is -0.508 e. The number of pyridine rings is 1. The summed E-state index contributed by atoms with van der Waals surface area (Å²) in [4.78, 5) is 15.3. The molecule has 0 spiro atoms. The number of hydrogen-bond acceptors (Lipinski definition) is 3. The Hall–Kier alpha value is -2.69. The molecular formula is C14H11FN2O2. The van der Waals surface area contributed by atoms with Crippen molar-refractivity contribution in [2.45, 2.75) is 0 Å². The average molecular weight is 258 g/mol. The number of rotatable bonds is 3. The molecule has 1 aromatic carbocycles. The van der Waals surface area contributed by atoms with Crippen LogP contribution >= 0.6 is 0 Å². The van der Waals surface area contributed by atoms with Crippen LogP contribution in [0.5, 0.6) is 5.75 Å². The molecule has 0 bridgehead atoms. The highest BCUT2D eigenvalue weighted by Crippen LogP contribution is 2.11. The molecule has 0 aliphatic carbocycles. The molecule has 2 rings (SSSR count). The van der Waals surface area contributed by atoms with Crippen molar-refractivity contribution in [3.8, 4) is 5.75 Å². The topological polar surface area (TPSA) is 62.2 Å². The van der Waals surface area contributed by atoms with Gasteiger partial charge in [0, 0.05) is 6.08 Å². The Morgan fingerprint density at radius 2 is 1.95 bits per heavy atom. The van der Waals surface area contributed by atoms with Gasteiger partial charge in [-0.1, -0.05) is 12.1 Å². The number of benzene rings is 1. The van der Waals surface area contributed by atoms with Crippen LogP contribution in [0.2, 0.25) is 0 Å². The van der Waals surface area contributed by atoms with Crippen LogP contribution in [-0.4, -0.2) is 16.0 Å². The van der Waals surface area contributed by atoms with Gasteiger partial charge in [0.15, 0.2) is 0 Å². The Balaban J connectivity index is 1.97. The predicted molar refractivity (Wildman–Crippen MR) is 70.0 cm³/mol. The quantitative estimate of drug-likeness (QED) is 0.832. The number of phenolic OH excluding ortho intramolecular Hbond substituents is 1. The zero-order valence-corrected chi connectivity index (χ0v) is 9.88. The first-order valence-corrected chi connectivity index (χ1v) is 5.53. The molecule has 0 atom stereocenters. The minimum atomic E-state index is -0.461. The van der Waals surface area contributed by atoms with Gasteiger partial charge in [-0.05, 0) is 35.9 Å². The molecule has 0 saturated heterocycles. The number of carbonyl (C=O) groups excluding carboxylic acids is 1. The number of anilines is 1. The van der Waals surface area contributed by atoms with Crippen LogP contribution in [0.1, 0.15) is 5.56 Å².